The second kappa shape index (κ2) is 8.57. The maximum atomic E-state index is 13.2. The fourth-order valence-corrected chi connectivity index (χ4v) is 3.93. The van der Waals surface area contributed by atoms with Gasteiger partial charge in [-0.3, -0.25) is 0 Å². The summed E-state index contributed by atoms with van der Waals surface area (Å²) in [5, 5.41) is 3.88. The molecule has 0 fully saturated rings. The van der Waals surface area contributed by atoms with E-state index in [0.29, 0.717) is 16.7 Å². The van der Waals surface area contributed by atoms with Crippen molar-refractivity contribution in [2.45, 2.75) is 10.9 Å². The van der Waals surface area contributed by atoms with Gasteiger partial charge in [0.05, 0.1) is 22.5 Å². The molecule has 3 aromatic carbocycles. The van der Waals surface area contributed by atoms with Crippen LogP contribution in [0.25, 0.3) is 22.3 Å². The van der Waals surface area contributed by atoms with Crippen molar-refractivity contribution in [3.8, 4) is 11.3 Å². The molecule has 0 atom stereocenters. The first kappa shape index (κ1) is 19.3. The molecule has 0 spiro atoms. The number of benzene rings is 3. The Bertz CT molecular complexity index is 1290. The van der Waals surface area contributed by atoms with E-state index in [1.54, 1.807) is 12.1 Å². The molecule has 0 aliphatic heterocycles. The molecule has 5 nitrogen and oxygen atoms in total. The summed E-state index contributed by atoms with van der Waals surface area (Å²) < 4.78 is 13.2. The zero-order valence-electron chi connectivity index (χ0n) is 16.4. The number of nitrogens with one attached hydrogen (secondary N) is 2. The molecule has 5 aromatic rings. The lowest BCUT2D eigenvalue weighted by Gasteiger charge is -2.10. The van der Waals surface area contributed by atoms with Crippen LogP contribution in [0, 0.1) is 5.82 Å². The van der Waals surface area contributed by atoms with Gasteiger partial charge in [0.15, 0.2) is 5.16 Å². The quantitative estimate of drug-likeness (QED) is 0.250. The van der Waals surface area contributed by atoms with Crippen molar-refractivity contribution in [3.05, 3.63) is 96.6 Å². The fraction of sp³-hybridized carbons (Fsp3) is 0.0417. The third-order valence-corrected chi connectivity index (χ3v) is 5.53. The number of para-hydroxylation sites is 2. The van der Waals surface area contributed by atoms with Crippen LogP contribution in [0.2, 0.25) is 0 Å². The van der Waals surface area contributed by atoms with Crippen LogP contribution in [0.4, 0.5) is 15.9 Å². The summed E-state index contributed by atoms with van der Waals surface area (Å²) in [7, 11) is 0. The molecule has 0 saturated heterocycles. The van der Waals surface area contributed by atoms with Crippen LogP contribution < -0.4 is 5.32 Å². The highest BCUT2D eigenvalue weighted by Gasteiger charge is 2.10. The number of nitrogens with zero attached hydrogens (tertiary/aromatic N) is 3. The van der Waals surface area contributed by atoms with Crippen LogP contribution >= 0.6 is 11.8 Å². The Morgan fingerprint density at radius 1 is 0.839 bits per heavy atom. The standard InChI is InChI=1S/C24H18FN5S/c25-17-10-12-18(13-11-17)26-22-14-21(16-6-2-1-3-7-16)29-24(30-22)31-15-23-27-19-8-4-5-9-20(19)28-23/h1-14H,15H2,(H,27,28)(H,26,29,30). The van der Waals surface area contributed by atoms with Crippen molar-refractivity contribution in [1.29, 1.82) is 0 Å². The van der Waals surface area contributed by atoms with E-state index in [4.69, 9.17) is 4.98 Å². The Morgan fingerprint density at radius 3 is 2.42 bits per heavy atom. The Labute approximate surface area is 182 Å². The highest BCUT2D eigenvalue weighted by atomic mass is 32.2. The third kappa shape index (κ3) is 4.57. The van der Waals surface area contributed by atoms with Gasteiger partial charge in [-0.05, 0) is 36.4 Å². The topological polar surface area (TPSA) is 66.5 Å². The average Bonchev–Trinajstić information content (AvgIpc) is 3.23. The fourth-order valence-electron chi connectivity index (χ4n) is 3.20. The summed E-state index contributed by atoms with van der Waals surface area (Å²) in [4.78, 5) is 17.3. The summed E-state index contributed by atoms with van der Waals surface area (Å²) in [5.41, 5.74) is 4.52. The van der Waals surface area contributed by atoms with Gasteiger partial charge in [-0.1, -0.05) is 54.2 Å². The number of fused-ring (bicyclic) bond motifs is 1. The molecule has 0 aliphatic rings. The van der Waals surface area contributed by atoms with E-state index < -0.39 is 0 Å². The summed E-state index contributed by atoms with van der Waals surface area (Å²) >= 11 is 1.51. The molecular weight excluding hydrogens is 409 g/mol. The number of imidazole rings is 1. The van der Waals surface area contributed by atoms with Crippen molar-refractivity contribution in [3.63, 3.8) is 0 Å². The Kier molecular flexibility index (Phi) is 5.33. The van der Waals surface area contributed by atoms with Crippen molar-refractivity contribution in [1.82, 2.24) is 19.9 Å². The molecular formula is C24H18FN5S. The van der Waals surface area contributed by atoms with Gasteiger partial charge in [0.1, 0.15) is 17.5 Å². The van der Waals surface area contributed by atoms with Gasteiger partial charge in [0.25, 0.3) is 0 Å². The van der Waals surface area contributed by atoms with Crippen LogP contribution in [-0.4, -0.2) is 19.9 Å². The maximum absolute atomic E-state index is 13.2. The molecule has 2 heterocycles. The molecule has 152 valence electrons. The number of halogens is 1. The SMILES string of the molecule is Fc1ccc(Nc2cc(-c3ccccc3)nc(SCc3nc4ccccc4[nH]3)n2)cc1. The largest absolute Gasteiger partial charge is 0.341 e. The highest BCUT2D eigenvalue weighted by molar-refractivity contribution is 7.98. The van der Waals surface area contributed by atoms with E-state index in [1.807, 2.05) is 60.7 Å². The van der Waals surface area contributed by atoms with Crippen molar-refractivity contribution in [2.24, 2.45) is 0 Å². The van der Waals surface area contributed by atoms with E-state index in [9.17, 15) is 4.39 Å². The molecule has 0 unspecified atom stereocenters. The second-order valence-corrected chi connectivity index (χ2v) is 7.85. The molecule has 0 aliphatic carbocycles. The molecule has 0 bridgehead atoms. The van der Waals surface area contributed by atoms with E-state index in [1.165, 1.54) is 23.9 Å². The number of thioether (sulfide) groups is 1. The van der Waals surface area contributed by atoms with Gasteiger partial charge in [0.2, 0.25) is 0 Å². The van der Waals surface area contributed by atoms with Crippen molar-refractivity contribution in [2.75, 3.05) is 5.32 Å². The zero-order valence-corrected chi connectivity index (χ0v) is 17.2. The smallest absolute Gasteiger partial charge is 0.190 e. The van der Waals surface area contributed by atoms with E-state index in [0.717, 1.165) is 33.8 Å². The molecule has 0 amide bonds. The molecule has 7 heteroatoms. The minimum absolute atomic E-state index is 0.278. The summed E-state index contributed by atoms with van der Waals surface area (Å²) in [5.74, 6) is 1.85. The maximum Gasteiger partial charge on any atom is 0.190 e. The first-order valence-corrected chi connectivity index (χ1v) is 10.7. The van der Waals surface area contributed by atoms with Crippen molar-refractivity contribution >= 4 is 34.3 Å². The Hall–Kier alpha value is -3.71. The predicted octanol–water partition coefficient (Wildman–Crippen LogP) is 6.19. The van der Waals surface area contributed by atoms with E-state index >= 15 is 0 Å². The van der Waals surface area contributed by atoms with Crippen LogP contribution in [0.5, 0.6) is 0 Å². The van der Waals surface area contributed by atoms with Gasteiger partial charge in [-0.15, -0.1) is 0 Å². The Balaban J connectivity index is 1.44. The van der Waals surface area contributed by atoms with Gasteiger partial charge < -0.3 is 10.3 Å². The molecule has 0 radical (unpaired) electrons. The third-order valence-electron chi connectivity index (χ3n) is 4.67. The van der Waals surface area contributed by atoms with Crippen LogP contribution in [0.3, 0.4) is 0 Å². The Morgan fingerprint density at radius 2 is 1.61 bits per heavy atom. The van der Waals surface area contributed by atoms with Gasteiger partial charge >= 0.3 is 0 Å². The minimum atomic E-state index is -0.278. The minimum Gasteiger partial charge on any atom is -0.341 e. The number of aromatic nitrogens is 4. The lowest BCUT2D eigenvalue weighted by atomic mass is 10.1. The zero-order chi connectivity index (χ0) is 21.0. The second-order valence-electron chi connectivity index (χ2n) is 6.91. The molecule has 5 rings (SSSR count). The highest BCUT2D eigenvalue weighted by Crippen LogP contribution is 2.27. The number of H-pyrrole nitrogens is 1. The average molecular weight is 428 g/mol. The van der Waals surface area contributed by atoms with Gasteiger partial charge in [-0.25, -0.2) is 19.3 Å². The van der Waals surface area contributed by atoms with E-state index in [-0.39, 0.29) is 5.82 Å². The summed E-state index contributed by atoms with van der Waals surface area (Å²) in [6.45, 7) is 0. The first-order chi connectivity index (χ1) is 15.2. The monoisotopic (exact) mass is 427 g/mol. The van der Waals surface area contributed by atoms with E-state index in [2.05, 4.69) is 20.3 Å². The number of rotatable bonds is 6. The van der Waals surface area contributed by atoms with Crippen LogP contribution in [0.15, 0.2) is 90.1 Å². The number of hydrogen-bond donors (Lipinski definition) is 2. The summed E-state index contributed by atoms with van der Waals surface area (Å²) in [6.07, 6.45) is 0. The molecule has 2 N–H and O–H groups in total. The van der Waals surface area contributed by atoms with Gasteiger partial charge in [-0.2, -0.15) is 0 Å². The van der Waals surface area contributed by atoms with Crippen molar-refractivity contribution < 1.29 is 4.39 Å². The first-order valence-electron chi connectivity index (χ1n) is 9.76. The lowest BCUT2D eigenvalue weighted by molar-refractivity contribution is 0.628. The number of hydrogen-bond acceptors (Lipinski definition) is 5. The van der Waals surface area contributed by atoms with Gasteiger partial charge in [0, 0.05) is 17.3 Å². The number of anilines is 2. The molecule has 0 saturated carbocycles. The molecule has 31 heavy (non-hydrogen) atoms. The number of aromatic amines is 1. The molecule has 2 aromatic heterocycles. The lowest BCUT2D eigenvalue weighted by Crippen LogP contribution is -1.99. The van der Waals surface area contributed by atoms with Crippen LogP contribution in [0.1, 0.15) is 5.82 Å². The predicted molar refractivity (Wildman–Crippen MR) is 123 cm³/mol. The summed E-state index contributed by atoms with van der Waals surface area (Å²) in [6, 6.07) is 26.0. The normalized spacial score (nSPS) is 11.0. The van der Waals surface area contributed by atoms with Crippen LogP contribution in [-0.2, 0) is 5.75 Å².